The first kappa shape index (κ1) is 23.4. The molecule has 1 spiro atoms. The molecule has 1 saturated heterocycles. The molecular formula is C20H33IN4O2S. The van der Waals surface area contributed by atoms with E-state index in [1.54, 1.807) is 12.1 Å². The number of aliphatic imine (C=N–C) groups is 1. The number of guanidine groups is 1. The Kier molecular flexibility index (Phi) is 8.57. The van der Waals surface area contributed by atoms with E-state index in [0.29, 0.717) is 12.0 Å². The molecule has 28 heavy (non-hydrogen) atoms. The van der Waals surface area contributed by atoms with Gasteiger partial charge in [-0.3, -0.25) is 0 Å². The number of nitrogens with one attached hydrogen (secondary N) is 2. The molecule has 0 aromatic heterocycles. The molecule has 2 aliphatic rings. The zero-order valence-corrected chi connectivity index (χ0v) is 20.1. The predicted molar refractivity (Wildman–Crippen MR) is 125 cm³/mol. The van der Waals surface area contributed by atoms with E-state index in [9.17, 15) is 8.42 Å². The van der Waals surface area contributed by atoms with Crippen LogP contribution in [0.2, 0.25) is 0 Å². The largest absolute Gasteiger partial charge is 0.357 e. The summed E-state index contributed by atoms with van der Waals surface area (Å²) in [5.41, 5.74) is 1.50. The standard InChI is InChI=1S/C20H32N4O2S.HI/c1-3-22-19(24-14-13-20(16-24)11-5-4-6-12-20)23-15-17-7-9-18(10-8-17)27(25,26)21-2;/h7-10,21H,3-6,11-16H2,1-2H3,(H,22,23);1H. The van der Waals surface area contributed by atoms with Crippen LogP contribution in [0.15, 0.2) is 34.2 Å². The van der Waals surface area contributed by atoms with Crippen molar-refractivity contribution < 1.29 is 8.42 Å². The Labute approximate surface area is 186 Å². The Bertz CT molecular complexity index is 759. The van der Waals surface area contributed by atoms with Crippen LogP contribution in [0.3, 0.4) is 0 Å². The van der Waals surface area contributed by atoms with Crippen LogP contribution >= 0.6 is 24.0 Å². The van der Waals surface area contributed by atoms with E-state index in [1.165, 1.54) is 45.6 Å². The van der Waals surface area contributed by atoms with Gasteiger partial charge in [0.25, 0.3) is 0 Å². The number of likely N-dealkylation sites (tertiary alicyclic amines) is 1. The van der Waals surface area contributed by atoms with Crippen molar-refractivity contribution in [3.8, 4) is 0 Å². The third-order valence-electron chi connectivity index (χ3n) is 5.90. The molecule has 8 heteroatoms. The Hall–Kier alpha value is -0.870. The number of hydrogen-bond acceptors (Lipinski definition) is 3. The number of sulfonamides is 1. The predicted octanol–water partition coefficient (Wildman–Crippen LogP) is 3.33. The summed E-state index contributed by atoms with van der Waals surface area (Å²) in [6.07, 6.45) is 8.09. The first-order valence-corrected chi connectivity index (χ1v) is 11.5. The minimum Gasteiger partial charge on any atom is -0.357 e. The van der Waals surface area contributed by atoms with Gasteiger partial charge in [-0.05, 0) is 56.3 Å². The van der Waals surface area contributed by atoms with Crippen LogP contribution in [0.1, 0.15) is 51.0 Å². The molecule has 1 saturated carbocycles. The molecule has 1 heterocycles. The van der Waals surface area contributed by atoms with Gasteiger partial charge >= 0.3 is 0 Å². The molecule has 1 aliphatic carbocycles. The van der Waals surface area contributed by atoms with Gasteiger partial charge in [0.2, 0.25) is 10.0 Å². The van der Waals surface area contributed by atoms with Crippen LogP contribution in [0.5, 0.6) is 0 Å². The summed E-state index contributed by atoms with van der Waals surface area (Å²) in [5.74, 6) is 0.979. The quantitative estimate of drug-likeness (QED) is 0.355. The van der Waals surface area contributed by atoms with Crippen molar-refractivity contribution in [2.24, 2.45) is 10.4 Å². The Morgan fingerprint density at radius 2 is 1.82 bits per heavy atom. The minimum atomic E-state index is -3.39. The van der Waals surface area contributed by atoms with Gasteiger partial charge in [0.05, 0.1) is 11.4 Å². The van der Waals surface area contributed by atoms with Crippen LogP contribution in [0.4, 0.5) is 0 Å². The molecular weight excluding hydrogens is 487 g/mol. The zero-order valence-electron chi connectivity index (χ0n) is 16.9. The number of halogens is 1. The van der Waals surface area contributed by atoms with Gasteiger partial charge in [-0.15, -0.1) is 24.0 Å². The Morgan fingerprint density at radius 1 is 1.14 bits per heavy atom. The lowest BCUT2D eigenvalue weighted by atomic mass is 9.73. The van der Waals surface area contributed by atoms with Gasteiger partial charge in [-0.25, -0.2) is 18.1 Å². The van der Waals surface area contributed by atoms with Crippen molar-refractivity contribution in [1.82, 2.24) is 14.9 Å². The van der Waals surface area contributed by atoms with Crippen LogP contribution < -0.4 is 10.0 Å². The van der Waals surface area contributed by atoms with E-state index in [0.717, 1.165) is 31.2 Å². The highest BCUT2D eigenvalue weighted by Crippen LogP contribution is 2.43. The number of nitrogens with zero attached hydrogens (tertiary/aromatic N) is 2. The van der Waals surface area contributed by atoms with E-state index >= 15 is 0 Å². The van der Waals surface area contributed by atoms with Gasteiger partial charge in [0.1, 0.15) is 0 Å². The average Bonchev–Trinajstić information content (AvgIpc) is 3.09. The van der Waals surface area contributed by atoms with E-state index in [-0.39, 0.29) is 28.9 Å². The van der Waals surface area contributed by atoms with Gasteiger partial charge in [0.15, 0.2) is 5.96 Å². The zero-order chi connectivity index (χ0) is 19.3. The van der Waals surface area contributed by atoms with E-state index in [4.69, 9.17) is 4.99 Å². The van der Waals surface area contributed by atoms with Crippen molar-refractivity contribution in [1.29, 1.82) is 0 Å². The van der Waals surface area contributed by atoms with Crippen molar-refractivity contribution >= 4 is 40.0 Å². The molecule has 0 amide bonds. The SMILES string of the molecule is CCNC(=NCc1ccc(S(=O)(=O)NC)cc1)N1CCC2(CCCCC2)C1.I. The molecule has 2 fully saturated rings. The minimum absolute atomic E-state index is 0. The second-order valence-corrected chi connectivity index (χ2v) is 9.64. The molecule has 6 nitrogen and oxygen atoms in total. The summed E-state index contributed by atoms with van der Waals surface area (Å²) in [6.45, 7) is 5.68. The van der Waals surface area contributed by atoms with Crippen LogP contribution in [-0.2, 0) is 16.6 Å². The maximum atomic E-state index is 11.8. The molecule has 0 bridgehead atoms. The van der Waals surface area contributed by atoms with E-state index < -0.39 is 10.0 Å². The van der Waals surface area contributed by atoms with Gasteiger partial charge < -0.3 is 10.2 Å². The Morgan fingerprint density at radius 3 is 2.43 bits per heavy atom. The lowest BCUT2D eigenvalue weighted by Gasteiger charge is -2.33. The molecule has 0 unspecified atom stereocenters. The monoisotopic (exact) mass is 520 g/mol. The summed E-state index contributed by atoms with van der Waals surface area (Å²) in [6, 6.07) is 6.95. The fourth-order valence-corrected chi connectivity index (χ4v) is 5.04. The molecule has 0 radical (unpaired) electrons. The summed E-state index contributed by atoms with van der Waals surface area (Å²) >= 11 is 0. The van der Waals surface area contributed by atoms with Crippen LogP contribution in [-0.4, -0.2) is 46.0 Å². The normalized spacial score (nSPS) is 19.5. The lowest BCUT2D eigenvalue weighted by molar-refractivity contribution is 0.203. The number of hydrogen-bond donors (Lipinski definition) is 2. The first-order valence-electron chi connectivity index (χ1n) is 10.0. The highest BCUT2D eigenvalue weighted by Gasteiger charge is 2.39. The van der Waals surface area contributed by atoms with E-state index in [2.05, 4.69) is 21.9 Å². The highest BCUT2D eigenvalue weighted by atomic mass is 127. The van der Waals surface area contributed by atoms with Gasteiger partial charge in [-0.2, -0.15) is 0 Å². The Balaban J connectivity index is 0.00000280. The van der Waals surface area contributed by atoms with E-state index in [1.807, 2.05) is 12.1 Å². The fourth-order valence-electron chi connectivity index (χ4n) is 4.31. The molecule has 1 aromatic carbocycles. The molecule has 3 rings (SSSR count). The van der Waals surface area contributed by atoms with Gasteiger partial charge in [0, 0.05) is 19.6 Å². The van der Waals surface area contributed by atoms with Crippen molar-refractivity contribution in [3.05, 3.63) is 29.8 Å². The van der Waals surface area contributed by atoms with Crippen LogP contribution in [0.25, 0.3) is 0 Å². The number of benzene rings is 1. The maximum absolute atomic E-state index is 11.8. The summed E-state index contributed by atoms with van der Waals surface area (Å²) in [5, 5.41) is 3.43. The number of rotatable bonds is 5. The highest BCUT2D eigenvalue weighted by molar-refractivity contribution is 14.0. The summed E-state index contributed by atoms with van der Waals surface area (Å²) < 4.78 is 26.0. The van der Waals surface area contributed by atoms with Crippen LogP contribution in [0, 0.1) is 5.41 Å². The first-order chi connectivity index (χ1) is 13.0. The molecule has 0 atom stereocenters. The smallest absolute Gasteiger partial charge is 0.240 e. The molecule has 158 valence electrons. The van der Waals surface area contributed by atoms with Gasteiger partial charge in [-0.1, -0.05) is 31.4 Å². The van der Waals surface area contributed by atoms with Crippen molar-refractivity contribution in [3.63, 3.8) is 0 Å². The lowest BCUT2D eigenvalue weighted by Crippen LogP contribution is -2.41. The maximum Gasteiger partial charge on any atom is 0.240 e. The van der Waals surface area contributed by atoms with Crippen molar-refractivity contribution in [2.45, 2.75) is 56.9 Å². The third-order valence-corrected chi connectivity index (χ3v) is 7.33. The average molecular weight is 520 g/mol. The molecule has 2 N–H and O–H groups in total. The van der Waals surface area contributed by atoms with Crippen molar-refractivity contribution in [2.75, 3.05) is 26.7 Å². The second kappa shape index (κ2) is 10.2. The second-order valence-electron chi connectivity index (χ2n) is 7.75. The topological polar surface area (TPSA) is 73.8 Å². The molecule has 1 aromatic rings. The fraction of sp³-hybridized carbons (Fsp3) is 0.650. The third kappa shape index (κ3) is 5.60. The molecule has 1 aliphatic heterocycles. The summed E-state index contributed by atoms with van der Waals surface area (Å²) in [4.78, 5) is 7.51. The summed E-state index contributed by atoms with van der Waals surface area (Å²) in [7, 11) is -1.97.